The lowest BCUT2D eigenvalue weighted by molar-refractivity contribution is 0.104. The van der Waals surface area contributed by atoms with Crippen LogP contribution in [0, 0.1) is 0 Å². The highest BCUT2D eigenvalue weighted by Gasteiger charge is 2.22. The number of hydrogen-bond acceptors (Lipinski definition) is 7. The maximum atomic E-state index is 12.1. The quantitative estimate of drug-likeness (QED) is 0.530. The molecule has 6 nitrogen and oxygen atoms in total. The Balaban J connectivity index is 2.01. The maximum Gasteiger partial charge on any atom is 0.205 e. The van der Waals surface area contributed by atoms with Gasteiger partial charge in [-0.05, 0) is 63.4 Å². The summed E-state index contributed by atoms with van der Waals surface area (Å²) >= 11 is 1.64. The van der Waals surface area contributed by atoms with Crippen molar-refractivity contribution in [3.05, 3.63) is 53.9 Å². The maximum absolute atomic E-state index is 12.1. The van der Waals surface area contributed by atoms with Gasteiger partial charge in [-0.3, -0.25) is 9.78 Å². The van der Waals surface area contributed by atoms with E-state index in [0.717, 1.165) is 16.3 Å². The predicted molar refractivity (Wildman–Crippen MR) is 118 cm³/mol. The summed E-state index contributed by atoms with van der Waals surface area (Å²) in [6.07, 6.45) is 6.50. The number of carbonyl (C=O) groups excluding carboxylic acids is 1. The second-order valence-corrected chi connectivity index (χ2v) is 7.64. The standard InChI is InChI=1S/C22H25N3O3S/c1-5-28-13-25(14(2)3)17-8-6-15(12-20(17)29-4)24-16-7-9-19(27)22-21(16)18(26)10-11-23-22/h6-12,14H,5,13H2,1-4H3,(H,23,26). The molecule has 0 unspecified atom stereocenters. The van der Waals surface area contributed by atoms with Crippen molar-refractivity contribution in [2.24, 2.45) is 4.99 Å². The van der Waals surface area contributed by atoms with E-state index in [0.29, 0.717) is 24.6 Å². The van der Waals surface area contributed by atoms with Crippen molar-refractivity contribution in [1.29, 1.82) is 0 Å². The van der Waals surface area contributed by atoms with Crippen LogP contribution in [0.2, 0.25) is 0 Å². The normalized spacial score (nSPS) is 14.5. The number of carbonyl (C=O) groups is 1. The van der Waals surface area contributed by atoms with E-state index in [1.165, 1.54) is 18.3 Å². The van der Waals surface area contributed by atoms with Crippen LogP contribution in [-0.4, -0.2) is 47.2 Å². The third-order valence-corrected chi connectivity index (χ3v) is 5.36. The van der Waals surface area contributed by atoms with Gasteiger partial charge in [0.2, 0.25) is 5.78 Å². The number of ketones is 1. The van der Waals surface area contributed by atoms with Crippen LogP contribution < -0.4 is 4.90 Å². The summed E-state index contributed by atoms with van der Waals surface area (Å²) in [5.74, 6) is -0.241. The molecule has 0 amide bonds. The fourth-order valence-corrected chi connectivity index (χ4v) is 3.73. The van der Waals surface area contributed by atoms with Crippen LogP contribution >= 0.6 is 11.8 Å². The van der Waals surface area contributed by atoms with Gasteiger partial charge in [0.25, 0.3) is 0 Å². The molecular weight excluding hydrogens is 386 g/mol. The second-order valence-electron chi connectivity index (χ2n) is 6.79. The first-order chi connectivity index (χ1) is 14.0. The third kappa shape index (κ3) is 4.52. The van der Waals surface area contributed by atoms with Crippen LogP contribution in [0.5, 0.6) is 5.75 Å². The minimum atomic E-state index is -0.237. The SMILES string of the molecule is CCOCN(c1ccc(N=C2C=CC(=O)c3nccc(O)c32)cc1SC)C(C)C. The van der Waals surface area contributed by atoms with Crippen molar-refractivity contribution in [3.63, 3.8) is 0 Å². The zero-order chi connectivity index (χ0) is 21.0. The van der Waals surface area contributed by atoms with E-state index in [-0.39, 0.29) is 23.3 Å². The average Bonchev–Trinajstić information content (AvgIpc) is 2.71. The van der Waals surface area contributed by atoms with Crippen LogP contribution in [0.3, 0.4) is 0 Å². The molecular formula is C22H25N3O3S. The van der Waals surface area contributed by atoms with Gasteiger partial charge in [0.1, 0.15) is 18.2 Å². The first-order valence-corrected chi connectivity index (χ1v) is 10.7. The summed E-state index contributed by atoms with van der Waals surface area (Å²) in [5, 5.41) is 10.3. The number of anilines is 1. The molecule has 0 aliphatic heterocycles. The van der Waals surface area contributed by atoms with Crippen molar-refractivity contribution in [1.82, 2.24) is 4.98 Å². The Bertz CT molecular complexity index is 970. The Morgan fingerprint density at radius 2 is 2.07 bits per heavy atom. The number of nitrogens with zero attached hydrogens (tertiary/aromatic N) is 3. The Morgan fingerprint density at radius 1 is 1.28 bits per heavy atom. The number of rotatable bonds is 7. The molecule has 3 rings (SSSR count). The van der Waals surface area contributed by atoms with Crippen molar-refractivity contribution >= 4 is 34.6 Å². The molecule has 1 aliphatic carbocycles. The summed E-state index contributed by atoms with van der Waals surface area (Å²) in [4.78, 5) is 24.1. The van der Waals surface area contributed by atoms with Gasteiger partial charge in [0.05, 0.1) is 22.6 Å². The predicted octanol–water partition coefficient (Wildman–Crippen LogP) is 4.59. The molecule has 2 aromatic rings. The Morgan fingerprint density at radius 3 is 2.76 bits per heavy atom. The molecule has 29 heavy (non-hydrogen) atoms. The molecule has 0 saturated carbocycles. The van der Waals surface area contributed by atoms with Gasteiger partial charge < -0.3 is 14.7 Å². The summed E-state index contributed by atoms with van der Waals surface area (Å²) in [7, 11) is 0. The number of benzene rings is 1. The highest BCUT2D eigenvalue weighted by molar-refractivity contribution is 7.98. The van der Waals surface area contributed by atoms with Gasteiger partial charge in [-0.15, -0.1) is 11.8 Å². The largest absolute Gasteiger partial charge is 0.507 e. The van der Waals surface area contributed by atoms with Crippen LogP contribution in [-0.2, 0) is 4.74 Å². The molecule has 1 aliphatic rings. The first-order valence-electron chi connectivity index (χ1n) is 9.48. The molecule has 0 radical (unpaired) electrons. The lowest BCUT2D eigenvalue weighted by atomic mass is 9.98. The first kappa shape index (κ1) is 21.1. The zero-order valence-corrected chi connectivity index (χ0v) is 17.9. The topological polar surface area (TPSA) is 75.0 Å². The number of pyridine rings is 1. The Labute approximate surface area is 175 Å². The number of ether oxygens (including phenoxy) is 1. The number of aliphatic imine (C=N–C) groups is 1. The molecule has 0 saturated heterocycles. The highest BCUT2D eigenvalue weighted by atomic mass is 32.2. The lowest BCUT2D eigenvalue weighted by Gasteiger charge is -2.30. The van der Waals surface area contributed by atoms with Gasteiger partial charge in [0, 0.05) is 23.7 Å². The van der Waals surface area contributed by atoms with Crippen molar-refractivity contribution < 1.29 is 14.6 Å². The molecule has 1 aromatic carbocycles. The molecule has 1 aromatic heterocycles. The van der Waals surface area contributed by atoms with E-state index in [1.807, 2.05) is 31.4 Å². The van der Waals surface area contributed by atoms with Crippen molar-refractivity contribution in [3.8, 4) is 5.75 Å². The molecule has 7 heteroatoms. The van der Waals surface area contributed by atoms with E-state index in [9.17, 15) is 9.90 Å². The number of allylic oxidation sites excluding steroid dienone is 2. The minimum Gasteiger partial charge on any atom is -0.507 e. The fourth-order valence-electron chi connectivity index (χ4n) is 3.10. The van der Waals surface area contributed by atoms with Gasteiger partial charge >= 0.3 is 0 Å². The van der Waals surface area contributed by atoms with E-state index in [1.54, 1.807) is 17.8 Å². The number of thioether (sulfide) groups is 1. The minimum absolute atomic E-state index is 0.00384. The van der Waals surface area contributed by atoms with Crippen LogP contribution in [0.4, 0.5) is 11.4 Å². The van der Waals surface area contributed by atoms with Crippen LogP contribution in [0.25, 0.3) is 0 Å². The van der Waals surface area contributed by atoms with Crippen molar-refractivity contribution in [2.45, 2.75) is 31.7 Å². The van der Waals surface area contributed by atoms with Crippen molar-refractivity contribution in [2.75, 3.05) is 24.5 Å². The average molecular weight is 412 g/mol. The van der Waals surface area contributed by atoms with E-state index in [2.05, 4.69) is 28.7 Å². The number of fused-ring (bicyclic) bond motifs is 1. The molecule has 0 bridgehead atoms. The van der Waals surface area contributed by atoms with Gasteiger partial charge in [-0.1, -0.05) is 0 Å². The van der Waals surface area contributed by atoms with Crippen LogP contribution in [0.1, 0.15) is 36.8 Å². The molecule has 152 valence electrons. The smallest absolute Gasteiger partial charge is 0.205 e. The Hall–Kier alpha value is -2.64. The molecule has 0 spiro atoms. The summed E-state index contributed by atoms with van der Waals surface area (Å²) < 4.78 is 5.64. The van der Waals surface area contributed by atoms with E-state index < -0.39 is 0 Å². The number of aromatic hydroxyl groups is 1. The third-order valence-electron chi connectivity index (χ3n) is 4.59. The number of hydrogen-bond donors (Lipinski definition) is 1. The Kier molecular flexibility index (Phi) is 6.71. The van der Waals surface area contributed by atoms with E-state index in [4.69, 9.17) is 4.74 Å². The van der Waals surface area contributed by atoms with E-state index >= 15 is 0 Å². The summed E-state index contributed by atoms with van der Waals surface area (Å²) in [6, 6.07) is 7.72. The summed E-state index contributed by atoms with van der Waals surface area (Å²) in [5.41, 5.74) is 2.93. The van der Waals surface area contributed by atoms with Gasteiger partial charge in [-0.2, -0.15) is 0 Å². The molecule has 1 heterocycles. The molecule has 0 atom stereocenters. The molecule has 0 fully saturated rings. The van der Waals surface area contributed by atoms with Gasteiger partial charge in [-0.25, -0.2) is 4.99 Å². The molecule has 1 N–H and O–H groups in total. The lowest BCUT2D eigenvalue weighted by Crippen LogP contribution is -2.33. The number of aromatic nitrogens is 1. The van der Waals surface area contributed by atoms with Crippen LogP contribution in [0.15, 0.2) is 52.5 Å². The zero-order valence-electron chi connectivity index (χ0n) is 17.0. The highest BCUT2D eigenvalue weighted by Crippen LogP contribution is 2.34. The fraction of sp³-hybridized carbons (Fsp3) is 0.318. The monoisotopic (exact) mass is 411 g/mol. The van der Waals surface area contributed by atoms with Gasteiger partial charge in [0.15, 0.2) is 0 Å². The summed E-state index contributed by atoms with van der Waals surface area (Å²) in [6.45, 7) is 7.43. The second kappa shape index (κ2) is 9.24.